The van der Waals surface area contributed by atoms with Crippen LogP contribution in [0.2, 0.25) is 0 Å². The lowest BCUT2D eigenvalue weighted by molar-refractivity contribution is 0.614. The van der Waals surface area contributed by atoms with Crippen LogP contribution in [0.5, 0.6) is 0 Å². The van der Waals surface area contributed by atoms with Crippen molar-refractivity contribution in [2.75, 3.05) is 0 Å². The molecule has 0 radical (unpaired) electrons. The van der Waals surface area contributed by atoms with Crippen molar-refractivity contribution in [1.82, 2.24) is 10.6 Å². The molecular weight excluding hydrogens is 336 g/mol. The molecule has 3 aromatic rings. The van der Waals surface area contributed by atoms with Gasteiger partial charge in [0.25, 0.3) is 0 Å². The molecule has 0 bridgehead atoms. The maximum absolute atomic E-state index is 5.60. The average Bonchev–Trinajstić information content (AvgIpc) is 2.69. The Kier molecular flexibility index (Phi) is 6.39. The molecule has 0 aliphatic carbocycles. The van der Waals surface area contributed by atoms with Crippen molar-refractivity contribution in [3.63, 3.8) is 0 Å². The first kappa shape index (κ1) is 18.2. The van der Waals surface area contributed by atoms with E-state index in [2.05, 4.69) is 78.2 Å². The Morgan fingerprint density at radius 3 is 1.81 bits per heavy atom. The van der Waals surface area contributed by atoms with Crippen molar-refractivity contribution >= 4 is 17.3 Å². The van der Waals surface area contributed by atoms with Gasteiger partial charge in [-0.05, 0) is 42.3 Å². The van der Waals surface area contributed by atoms with Crippen LogP contribution in [0.3, 0.4) is 0 Å². The highest BCUT2D eigenvalue weighted by atomic mass is 32.1. The van der Waals surface area contributed by atoms with Gasteiger partial charge >= 0.3 is 0 Å². The summed E-state index contributed by atoms with van der Waals surface area (Å²) in [4.78, 5) is 0. The van der Waals surface area contributed by atoms with E-state index in [4.69, 9.17) is 12.2 Å². The van der Waals surface area contributed by atoms with Gasteiger partial charge in [0.05, 0.1) is 12.1 Å². The molecule has 132 valence electrons. The van der Waals surface area contributed by atoms with Gasteiger partial charge in [-0.3, -0.25) is 0 Å². The van der Waals surface area contributed by atoms with E-state index in [1.54, 1.807) is 0 Å². The molecule has 2 N–H and O–H groups in total. The van der Waals surface area contributed by atoms with Crippen LogP contribution in [0, 0.1) is 0 Å². The Hall–Kier alpha value is -2.65. The summed E-state index contributed by atoms with van der Waals surface area (Å²) in [5.41, 5.74) is 3.73. The first-order valence-electron chi connectivity index (χ1n) is 8.93. The van der Waals surface area contributed by atoms with Crippen molar-refractivity contribution in [1.29, 1.82) is 0 Å². The molecule has 2 nitrogen and oxygen atoms in total. The Balaban J connectivity index is 1.70. The zero-order valence-corrected chi connectivity index (χ0v) is 15.7. The highest BCUT2D eigenvalue weighted by Crippen LogP contribution is 2.19. The second-order valence-electron chi connectivity index (χ2n) is 6.40. The molecule has 0 amide bonds. The monoisotopic (exact) mass is 360 g/mol. The zero-order chi connectivity index (χ0) is 18.2. The SMILES string of the molecule is CC(NC(=S)NC(Cc1ccccc1)c1ccccc1)c1ccccc1. The molecular formula is C23H24N2S. The van der Waals surface area contributed by atoms with Crippen LogP contribution in [0.15, 0.2) is 91.0 Å². The number of rotatable bonds is 6. The van der Waals surface area contributed by atoms with E-state index in [1.807, 2.05) is 30.3 Å². The number of nitrogens with one attached hydrogen (secondary N) is 2. The van der Waals surface area contributed by atoms with Crippen molar-refractivity contribution in [3.05, 3.63) is 108 Å². The van der Waals surface area contributed by atoms with Crippen molar-refractivity contribution in [3.8, 4) is 0 Å². The summed E-state index contributed by atoms with van der Waals surface area (Å²) in [6, 6.07) is 31.6. The van der Waals surface area contributed by atoms with Gasteiger partial charge in [0.15, 0.2) is 5.11 Å². The van der Waals surface area contributed by atoms with Crippen molar-refractivity contribution in [2.24, 2.45) is 0 Å². The maximum atomic E-state index is 5.60. The molecule has 0 spiro atoms. The highest BCUT2D eigenvalue weighted by Gasteiger charge is 2.15. The number of thiocarbonyl (C=S) groups is 1. The summed E-state index contributed by atoms with van der Waals surface area (Å²) < 4.78 is 0. The molecule has 0 saturated heterocycles. The predicted molar refractivity (Wildman–Crippen MR) is 113 cm³/mol. The van der Waals surface area contributed by atoms with Crippen molar-refractivity contribution < 1.29 is 0 Å². The third kappa shape index (κ3) is 5.17. The van der Waals surface area contributed by atoms with Gasteiger partial charge in [-0.2, -0.15) is 0 Å². The van der Waals surface area contributed by atoms with Gasteiger partial charge in [-0.1, -0.05) is 91.0 Å². The standard InChI is InChI=1S/C23H24N2S/c1-18(20-13-7-3-8-14-20)24-23(26)25-22(21-15-9-4-10-16-21)17-19-11-5-2-6-12-19/h2-16,18,22H,17H2,1H3,(H2,24,25,26). The van der Waals surface area contributed by atoms with Gasteiger partial charge in [-0.15, -0.1) is 0 Å². The topological polar surface area (TPSA) is 24.1 Å². The number of hydrogen-bond donors (Lipinski definition) is 2. The molecule has 0 aliphatic heterocycles. The second-order valence-corrected chi connectivity index (χ2v) is 6.81. The molecule has 0 heterocycles. The fourth-order valence-electron chi connectivity index (χ4n) is 3.01. The van der Waals surface area contributed by atoms with E-state index in [9.17, 15) is 0 Å². The van der Waals surface area contributed by atoms with Gasteiger partial charge in [-0.25, -0.2) is 0 Å². The minimum absolute atomic E-state index is 0.126. The van der Waals surface area contributed by atoms with Crippen LogP contribution < -0.4 is 10.6 Å². The number of hydrogen-bond acceptors (Lipinski definition) is 1. The van der Waals surface area contributed by atoms with Crippen LogP contribution in [0.25, 0.3) is 0 Å². The fraction of sp³-hybridized carbons (Fsp3) is 0.174. The predicted octanol–water partition coefficient (Wildman–Crippen LogP) is 5.20. The van der Waals surface area contributed by atoms with Crippen LogP contribution >= 0.6 is 12.2 Å². The van der Waals surface area contributed by atoms with E-state index in [1.165, 1.54) is 16.7 Å². The normalized spacial score (nSPS) is 12.8. The van der Waals surface area contributed by atoms with E-state index in [0.29, 0.717) is 5.11 Å². The summed E-state index contributed by atoms with van der Waals surface area (Å²) in [7, 11) is 0. The largest absolute Gasteiger partial charge is 0.356 e. The van der Waals surface area contributed by atoms with Crippen LogP contribution in [-0.2, 0) is 6.42 Å². The summed E-state index contributed by atoms with van der Waals surface area (Å²) in [5.74, 6) is 0. The van der Waals surface area contributed by atoms with Crippen LogP contribution in [0.1, 0.15) is 35.7 Å². The van der Waals surface area contributed by atoms with E-state index >= 15 is 0 Å². The fourth-order valence-corrected chi connectivity index (χ4v) is 3.33. The third-order valence-electron chi connectivity index (χ3n) is 4.44. The Morgan fingerprint density at radius 2 is 1.23 bits per heavy atom. The average molecular weight is 361 g/mol. The molecule has 26 heavy (non-hydrogen) atoms. The van der Waals surface area contributed by atoms with E-state index < -0.39 is 0 Å². The van der Waals surface area contributed by atoms with Gasteiger partial charge in [0.2, 0.25) is 0 Å². The third-order valence-corrected chi connectivity index (χ3v) is 4.67. The molecule has 3 heteroatoms. The lowest BCUT2D eigenvalue weighted by atomic mass is 9.99. The molecule has 0 aromatic heterocycles. The number of benzene rings is 3. The molecule has 0 saturated carbocycles. The zero-order valence-electron chi connectivity index (χ0n) is 14.9. The van der Waals surface area contributed by atoms with Crippen molar-refractivity contribution in [2.45, 2.75) is 25.4 Å². The molecule has 2 atom stereocenters. The minimum Gasteiger partial charge on any atom is -0.356 e. The summed E-state index contributed by atoms with van der Waals surface area (Å²) in [5, 5.41) is 7.58. The van der Waals surface area contributed by atoms with Gasteiger partial charge in [0.1, 0.15) is 0 Å². The first-order valence-corrected chi connectivity index (χ1v) is 9.34. The molecule has 3 rings (SSSR count). The van der Waals surface area contributed by atoms with E-state index in [0.717, 1.165) is 6.42 Å². The second kappa shape index (κ2) is 9.16. The van der Waals surface area contributed by atoms with Crippen LogP contribution in [0.4, 0.5) is 0 Å². The Morgan fingerprint density at radius 1 is 0.731 bits per heavy atom. The summed E-state index contributed by atoms with van der Waals surface area (Å²) >= 11 is 5.60. The Bertz CT molecular complexity index is 803. The summed E-state index contributed by atoms with van der Waals surface area (Å²) in [6.07, 6.45) is 0.881. The lowest BCUT2D eigenvalue weighted by Gasteiger charge is -2.24. The quantitative estimate of drug-likeness (QED) is 0.591. The Labute approximate surface area is 161 Å². The first-order chi connectivity index (χ1) is 12.7. The molecule has 2 unspecified atom stereocenters. The van der Waals surface area contributed by atoms with Gasteiger partial charge < -0.3 is 10.6 Å². The molecule has 3 aromatic carbocycles. The summed E-state index contributed by atoms with van der Waals surface area (Å²) in [6.45, 7) is 2.12. The van der Waals surface area contributed by atoms with Gasteiger partial charge in [0, 0.05) is 0 Å². The smallest absolute Gasteiger partial charge is 0.167 e. The van der Waals surface area contributed by atoms with E-state index in [-0.39, 0.29) is 12.1 Å². The molecule has 0 fully saturated rings. The molecule has 0 aliphatic rings. The van der Waals surface area contributed by atoms with Crippen LogP contribution in [-0.4, -0.2) is 5.11 Å². The maximum Gasteiger partial charge on any atom is 0.167 e. The minimum atomic E-state index is 0.126. The lowest BCUT2D eigenvalue weighted by Crippen LogP contribution is -2.39. The highest BCUT2D eigenvalue weighted by molar-refractivity contribution is 7.80.